The van der Waals surface area contributed by atoms with Crippen molar-refractivity contribution in [3.8, 4) is 5.75 Å². The van der Waals surface area contributed by atoms with Gasteiger partial charge >= 0.3 is 6.03 Å². The van der Waals surface area contributed by atoms with Crippen molar-refractivity contribution in [2.45, 2.75) is 0 Å². The maximum absolute atomic E-state index is 12.9. The van der Waals surface area contributed by atoms with E-state index in [0.29, 0.717) is 11.3 Å². The molecule has 2 rings (SSSR count). The lowest BCUT2D eigenvalue weighted by Gasteiger charge is -2.08. The van der Waals surface area contributed by atoms with Crippen LogP contribution >= 0.6 is 11.6 Å². The fourth-order valence-corrected chi connectivity index (χ4v) is 1.92. The molecule has 0 fully saturated rings. The molecule has 0 heterocycles. The molecule has 3 N–H and O–H groups in total. The van der Waals surface area contributed by atoms with Crippen LogP contribution in [0.1, 0.15) is 10.4 Å². The summed E-state index contributed by atoms with van der Waals surface area (Å²) >= 11 is 5.80. The highest BCUT2D eigenvalue weighted by atomic mass is 35.5. The molecule has 0 saturated heterocycles. The van der Waals surface area contributed by atoms with Crippen molar-refractivity contribution in [2.24, 2.45) is 5.73 Å². The Hall–Kier alpha value is -2.60. The van der Waals surface area contributed by atoms with Gasteiger partial charge in [0.15, 0.2) is 12.4 Å². The highest BCUT2D eigenvalue weighted by Gasteiger charge is 2.09. The molecule has 2 aromatic carbocycles. The fraction of sp³-hybridized carbons (Fsp3) is 0.0667. The molecular formula is C15H12ClFN2O3. The first-order valence-corrected chi connectivity index (χ1v) is 6.61. The quantitative estimate of drug-likeness (QED) is 0.829. The summed E-state index contributed by atoms with van der Waals surface area (Å²) in [7, 11) is 0. The van der Waals surface area contributed by atoms with Gasteiger partial charge in [-0.25, -0.2) is 9.18 Å². The van der Waals surface area contributed by atoms with Gasteiger partial charge in [-0.3, -0.25) is 4.79 Å². The molecular weight excluding hydrogens is 311 g/mol. The minimum Gasteiger partial charge on any atom is -0.484 e. The van der Waals surface area contributed by atoms with Gasteiger partial charge < -0.3 is 15.8 Å². The molecule has 7 heteroatoms. The maximum Gasteiger partial charge on any atom is 0.316 e. The number of halogens is 2. The van der Waals surface area contributed by atoms with Crippen LogP contribution in [0.15, 0.2) is 42.5 Å². The summed E-state index contributed by atoms with van der Waals surface area (Å²) in [6, 6.07) is 9.11. The number of anilines is 1. The van der Waals surface area contributed by atoms with E-state index < -0.39 is 11.8 Å². The molecule has 0 radical (unpaired) electrons. The van der Waals surface area contributed by atoms with Gasteiger partial charge in [-0.2, -0.15) is 0 Å². The van der Waals surface area contributed by atoms with Crippen LogP contribution in [0.3, 0.4) is 0 Å². The lowest BCUT2D eigenvalue weighted by atomic mass is 10.1. The number of Topliss-reactive ketones (excluding diaryl/α,β-unsaturated/α-hetero) is 1. The van der Waals surface area contributed by atoms with Crippen molar-refractivity contribution in [3.05, 3.63) is 58.9 Å². The predicted octanol–water partition coefficient (Wildman–Crippen LogP) is 3.23. The number of urea groups is 1. The van der Waals surface area contributed by atoms with E-state index in [4.69, 9.17) is 22.1 Å². The summed E-state index contributed by atoms with van der Waals surface area (Å²) in [6.45, 7) is -0.242. The number of primary amides is 1. The summed E-state index contributed by atoms with van der Waals surface area (Å²) < 4.78 is 18.2. The molecule has 0 aromatic heterocycles. The lowest BCUT2D eigenvalue weighted by Crippen LogP contribution is -2.19. The zero-order valence-corrected chi connectivity index (χ0v) is 12.1. The number of carbonyl (C=O) groups excluding carboxylic acids is 2. The summed E-state index contributed by atoms with van der Waals surface area (Å²) in [6.07, 6.45) is 0. The van der Waals surface area contributed by atoms with Crippen molar-refractivity contribution >= 4 is 29.1 Å². The molecule has 114 valence electrons. The van der Waals surface area contributed by atoms with E-state index in [9.17, 15) is 14.0 Å². The van der Waals surface area contributed by atoms with Gasteiger partial charge in [-0.15, -0.1) is 0 Å². The average molecular weight is 323 g/mol. The molecule has 0 unspecified atom stereocenters. The van der Waals surface area contributed by atoms with Crippen LogP contribution in [-0.2, 0) is 0 Å². The molecule has 2 amide bonds. The first kappa shape index (κ1) is 15.8. The normalized spacial score (nSPS) is 10.1. The molecule has 0 aliphatic rings. The Morgan fingerprint density at radius 2 is 1.86 bits per heavy atom. The Balaban J connectivity index is 1.98. The zero-order chi connectivity index (χ0) is 16.1. The van der Waals surface area contributed by atoms with E-state index in [1.165, 1.54) is 24.3 Å². The molecule has 5 nitrogen and oxygen atoms in total. The monoisotopic (exact) mass is 322 g/mol. The van der Waals surface area contributed by atoms with Crippen LogP contribution in [0.5, 0.6) is 5.75 Å². The standard InChI is InChI=1S/C15H12ClFN2O3/c16-12-7-10(17)3-6-14(12)22-8-13(20)9-1-4-11(5-2-9)19-15(18)21/h1-7H,8H2,(H3,18,19,21). The van der Waals surface area contributed by atoms with Crippen molar-refractivity contribution < 1.29 is 18.7 Å². The van der Waals surface area contributed by atoms with Crippen LogP contribution in [0.25, 0.3) is 0 Å². The summed E-state index contributed by atoms with van der Waals surface area (Å²) in [5.41, 5.74) is 5.86. The smallest absolute Gasteiger partial charge is 0.316 e. The number of nitrogens with one attached hydrogen (secondary N) is 1. The van der Waals surface area contributed by atoms with E-state index >= 15 is 0 Å². The Morgan fingerprint density at radius 1 is 1.18 bits per heavy atom. The van der Waals surface area contributed by atoms with Gasteiger partial charge in [0.2, 0.25) is 0 Å². The van der Waals surface area contributed by atoms with Crippen LogP contribution in [0.4, 0.5) is 14.9 Å². The topological polar surface area (TPSA) is 81.4 Å². The number of hydrogen-bond donors (Lipinski definition) is 2. The third-order valence-electron chi connectivity index (χ3n) is 2.73. The third-order valence-corrected chi connectivity index (χ3v) is 3.02. The molecule has 0 saturated carbocycles. The Morgan fingerprint density at radius 3 is 2.45 bits per heavy atom. The van der Waals surface area contributed by atoms with Gasteiger partial charge in [-0.05, 0) is 42.5 Å². The van der Waals surface area contributed by atoms with Crippen LogP contribution < -0.4 is 15.8 Å². The van der Waals surface area contributed by atoms with Gasteiger partial charge in [0, 0.05) is 11.3 Å². The first-order chi connectivity index (χ1) is 10.5. The van der Waals surface area contributed by atoms with Crippen molar-refractivity contribution in [1.29, 1.82) is 0 Å². The lowest BCUT2D eigenvalue weighted by molar-refractivity contribution is 0.0921. The number of benzene rings is 2. The number of hydrogen-bond acceptors (Lipinski definition) is 3. The predicted molar refractivity (Wildman–Crippen MR) is 80.9 cm³/mol. The molecule has 0 aliphatic heterocycles. The van der Waals surface area contributed by atoms with Crippen molar-refractivity contribution in [2.75, 3.05) is 11.9 Å². The van der Waals surface area contributed by atoms with E-state index in [1.54, 1.807) is 12.1 Å². The van der Waals surface area contributed by atoms with Crippen molar-refractivity contribution in [3.63, 3.8) is 0 Å². The number of nitrogens with two attached hydrogens (primary N) is 1. The number of carbonyl (C=O) groups is 2. The molecule has 0 aliphatic carbocycles. The van der Waals surface area contributed by atoms with Gasteiger partial charge in [0.25, 0.3) is 0 Å². The van der Waals surface area contributed by atoms with E-state index in [0.717, 1.165) is 6.07 Å². The molecule has 2 aromatic rings. The van der Waals surface area contributed by atoms with Crippen molar-refractivity contribution in [1.82, 2.24) is 0 Å². The van der Waals surface area contributed by atoms with Crippen LogP contribution in [0, 0.1) is 5.82 Å². The summed E-state index contributed by atoms with van der Waals surface area (Å²) in [5, 5.41) is 2.48. The highest BCUT2D eigenvalue weighted by Crippen LogP contribution is 2.25. The Bertz CT molecular complexity index is 704. The Kier molecular flexibility index (Phi) is 4.95. The van der Waals surface area contributed by atoms with Crippen LogP contribution in [-0.4, -0.2) is 18.4 Å². The largest absolute Gasteiger partial charge is 0.484 e. The minimum absolute atomic E-state index is 0.0915. The number of rotatable bonds is 5. The number of ether oxygens (including phenoxy) is 1. The first-order valence-electron chi connectivity index (χ1n) is 6.23. The van der Waals surface area contributed by atoms with E-state index in [1.807, 2.05) is 0 Å². The van der Waals surface area contributed by atoms with Crippen LogP contribution in [0.2, 0.25) is 5.02 Å². The van der Waals surface area contributed by atoms with E-state index in [2.05, 4.69) is 5.32 Å². The molecule has 0 spiro atoms. The second kappa shape index (κ2) is 6.91. The molecule has 0 atom stereocenters. The van der Waals surface area contributed by atoms with Gasteiger partial charge in [0.1, 0.15) is 11.6 Å². The highest BCUT2D eigenvalue weighted by molar-refractivity contribution is 6.32. The van der Waals surface area contributed by atoms with Gasteiger partial charge in [-0.1, -0.05) is 11.6 Å². The second-order valence-electron chi connectivity index (χ2n) is 4.35. The number of ketones is 1. The second-order valence-corrected chi connectivity index (χ2v) is 4.76. The average Bonchev–Trinajstić information content (AvgIpc) is 2.46. The number of amides is 2. The fourth-order valence-electron chi connectivity index (χ4n) is 1.70. The SMILES string of the molecule is NC(=O)Nc1ccc(C(=O)COc2ccc(F)cc2Cl)cc1. The van der Waals surface area contributed by atoms with Gasteiger partial charge in [0.05, 0.1) is 5.02 Å². The Labute approximate surface area is 130 Å². The summed E-state index contributed by atoms with van der Waals surface area (Å²) in [5.74, 6) is -0.546. The third kappa shape index (κ3) is 4.20. The minimum atomic E-state index is -0.687. The maximum atomic E-state index is 12.9. The van der Waals surface area contributed by atoms with E-state index in [-0.39, 0.29) is 23.2 Å². The molecule has 22 heavy (non-hydrogen) atoms. The zero-order valence-electron chi connectivity index (χ0n) is 11.3. The summed E-state index contributed by atoms with van der Waals surface area (Å²) in [4.78, 5) is 22.7. The molecule has 0 bridgehead atoms.